The number of aromatic hydroxyl groups is 1. The maximum Gasteiger partial charge on any atom is 0.353 e. The Morgan fingerprint density at radius 1 is 1.36 bits per heavy atom. The van der Waals surface area contributed by atoms with E-state index in [0.717, 1.165) is 6.26 Å². The average Bonchev–Trinajstić information content (AvgIpc) is 2.42. The predicted molar refractivity (Wildman–Crippen MR) is 77.3 cm³/mol. The summed E-state index contributed by atoms with van der Waals surface area (Å²) in [5.74, 6) is -1.37. The molecule has 0 spiro atoms. The molecule has 1 aromatic heterocycles. The summed E-state index contributed by atoms with van der Waals surface area (Å²) < 4.78 is 30.9. The second-order valence-corrected chi connectivity index (χ2v) is 6.04. The van der Waals surface area contributed by atoms with E-state index in [1.807, 2.05) is 0 Å². The molecule has 1 heterocycles. The maximum absolute atomic E-state index is 11.9. The summed E-state index contributed by atoms with van der Waals surface area (Å²) in [7, 11) is -3.61. The van der Waals surface area contributed by atoms with Gasteiger partial charge in [0, 0.05) is 6.54 Å². The van der Waals surface area contributed by atoms with Crippen molar-refractivity contribution < 1.29 is 26.9 Å². The summed E-state index contributed by atoms with van der Waals surface area (Å²) in [6.07, 6.45) is 0.874. The highest BCUT2D eigenvalue weighted by Crippen LogP contribution is 2.25. The first-order valence-corrected chi connectivity index (χ1v) is 7.98. The Labute approximate surface area is 125 Å². The quantitative estimate of drug-likeness (QED) is 0.457. The summed E-state index contributed by atoms with van der Waals surface area (Å²) in [4.78, 5) is 23.7. The first-order valence-electron chi connectivity index (χ1n) is 6.17. The zero-order valence-electron chi connectivity index (χ0n) is 11.5. The van der Waals surface area contributed by atoms with Gasteiger partial charge in [0.25, 0.3) is 16.0 Å². The molecular weight excluding hydrogens is 314 g/mol. The fourth-order valence-electron chi connectivity index (χ4n) is 1.78. The predicted octanol–water partition coefficient (Wildman–Crippen LogP) is 0.205. The molecule has 118 valence electrons. The highest BCUT2D eigenvalue weighted by Gasteiger charge is 2.20. The molecule has 0 atom stereocenters. The average molecular weight is 327 g/mol. The van der Waals surface area contributed by atoms with Crippen LogP contribution in [0.2, 0.25) is 0 Å². The lowest BCUT2D eigenvalue weighted by Gasteiger charge is -2.07. The Balaban J connectivity index is 2.20. The molecule has 1 amide bonds. The SMILES string of the molecule is CS(=O)(=O)OCCNC(=O)c1c(O)c2ccccc2oc1=O. The standard InChI is InChI=1S/C13H13NO7S/c1-22(18,19)20-7-6-14-12(16)10-11(15)8-4-2-3-5-9(8)21-13(10)17/h2-5,15H,6-7H2,1H3,(H,14,16). The van der Waals surface area contributed by atoms with Crippen molar-refractivity contribution in [3.63, 3.8) is 0 Å². The number of hydrogen-bond donors (Lipinski definition) is 2. The van der Waals surface area contributed by atoms with Gasteiger partial charge in [0.1, 0.15) is 11.3 Å². The minimum Gasteiger partial charge on any atom is -0.506 e. The minimum absolute atomic E-state index is 0.155. The van der Waals surface area contributed by atoms with Crippen LogP contribution in [0.1, 0.15) is 10.4 Å². The van der Waals surface area contributed by atoms with E-state index < -0.39 is 33.0 Å². The van der Waals surface area contributed by atoms with Gasteiger partial charge in [0.15, 0.2) is 5.56 Å². The first kappa shape index (κ1) is 16.0. The van der Waals surface area contributed by atoms with Gasteiger partial charge in [-0.1, -0.05) is 12.1 Å². The smallest absolute Gasteiger partial charge is 0.353 e. The Kier molecular flexibility index (Phi) is 4.48. The van der Waals surface area contributed by atoms with Crippen LogP contribution >= 0.6 is 0 Å². The molecule has 0 unspecified atom stereocenters. The van der Waals surface area contributed by atoms with Crippen molar-refractivity contribution in [2.24, 2.45) is 0 Å². The van der Waals surface area contributed by atoms with Gasteiger partial charge in [-0.3, -0.25) is 8.98 Å². The largest absolute Gasteiger partial charge is 0.506 e. The maximum atomic E-state index is 11.9. The summed E-state index contributed by atoms with van der Waals surface area (Å²) in [5, 5.41) is 12.5. The molecule has 0 aliphatic carbocycles. The molecule has 8 nitrogen and oxygen atoms in total. The second-order valence-electron chi connectivity index (χ2n) is 4.39. The molecule has 0 bridgehead atoms. The molecule has 0 fully saturated rings. The number of carbonyl (C=O) groups is 1. The van der Waals surface area contributed by atoms with Crippen LogP contribution in [0.5, 0.6) is 5.75 Å². The van der Waals surface area contributed by atoms with Crippen molar-refractivity contribution in [1.82, 2.24) is 5.32 Å². The van der Waals surface area contributed by atoms with E-state index in [1.165, 1.54) is 12.1 Å². The van der Waals surface area contributed by atoms with Gasteiger partial charge < -0.3 is 14.8 Å². The minimum atomic E-state index is -3.61. The third kappa shape index (κ3) is 3.62. The molecule has 0 aliphatic heterocycles. The Morgan fingerprint density at radius 2 is 2.05 bits per heavy atom. The van der Waals surface area contributed by atoms with Gasteiger partial charge in [-0.15, -0.1) is 0 Å². The summed E-state index contributed by atoms with van der Waals surface area (Å²) >= 11 is 0. The Bertz CT molecular complexity index is 870. The monoisotopic (exact) mass is 327 g/mol. The molecule has 2 rings (SSSR count). The van der Waals surface area contributed by atoms with Crippen molar-refractivity contribution >= 4 is 27.0 Å². The van der Waals surface area contributed by atoms with E-state index in [-0.39, 0.29) is 24.1 Å². The lowest BCUT2D eigenvalue weighted by Crippen LogP contribution is -2.31. The summed E-state index contributed by atoms with van der Waals surface area (Å²) in [6, 6.07) is 6.21. The number of amides is 1. The first-order chi connectivity index (χ1) is 10.3. The van der Waals surface area contributed by atoms with Crippen molar-refractivity contribution in [1.29, 1.82) is 0 Å². The van der Waals surface area contributed by atoms with E-state index in [4.69, 9.17) is 4.42 Å². The van der Waals surface area contributed by atoms with E-state index >= 15 is 0 Å². The summed E-state index contributed by atoms with van der Waals surface area (Å²) in [6.45, 7) is -0.443. The van der Waals surface area contributed by atoms with Crippen LogP contribution in [0.3, 0.4) is 0 Å². The number of benzene rings is 1. The molecule has 0 radical (unpaired) electrons. The fourth-order valence-corrected chi connectivity index (χ4v) is 2.17. The highest BCUT2D eigenvalue weighted by molar-refractivity contribution is 7.85. The van der Waals surface area contributed by atoms with Crippen LogP contribution < -0.4 is 10.9 Å². The topological polar surface area (TPSA) is 123 Å². The van der Waals surface area contributed by atoms with Crippen molar-refractivity contribution in [3.05, 3.63) is 40.2 Å². The third-order valence-electron chi connectivity index (χ3n) is 2.70. The van der Waals surface area contributed by atoms with Gasteiger partial charge in [0.05, 0.1) is 18.2 Å². The molecule has 2 aromatic rings. The van der Waals surface area contributed by atoms with Crippen LogP contribution in [0, 0.1) is 0 Å². The molecule has 0 aliphatic rings. The number of hydrogen-bond acceptors (Lipinski definition) is 7. The lowest BCUT2D eigenvalue weighted by molar-refractivity contribution is 0.0940. The Morgan fingerprint density at radius 3 is 2.73 bits per heavy atom. The molecule has 9 heteroatoms. The number of fused-ring (bicyclic) bond motifs is 1. The van der Waals surface area contributed by atoms with E-state index in [0.29, 0.717) is 0 Å². The van der Waals surface area contributed by atoms with Gasteiger partial charge in [-0.25, -0.2) is 4.79 Å². The lowest BCUT2D eigenvalue weighted by atomic mass is 10.1. The van der Waals surface area contributed by atoms with Gasteiger partial charge in [-0.05, 0) is 12.1 Å². The van der Waals surface area contributed by atoms with Gasteiger partial charge in [-0.2, -0.15) is 8.42 Å². The highest BCUT2D eigenvalue weighted by atomic mass is 32.2. The van der Waals surface area contributed by atoms with Crippen LogP contribution in [0.15, 0.2) is 33.5 Å². The fraction of sp³-hybridized carbons (Fsp3) is 0.231. The molecule has 0 saturated heterocycles. The zero-order chi connectivity index (χ0) is 16.3. The molecule has 1 aromatic carbocycles. The molecule has 0 saturated carbocycles. The number of carbonyl (C=O) groups excluding carboxylic acids is 1. The normalized spacial score (nSPS) is 11.5. The van der Waals surface area contributed by atoms with Gasteiger partial charge in [0.2, 0.25) is 0 Å². The van der Waals surface area contributed by atoms with E-state index in [1.54, 1.807) is 12.1 Å². The zero-order valence-corrected chi connectivity index (χ0v) is 12.3. The third-order valence-corrected chi connectivity index (χ3v) is 3.29. The van der Waals surface area contributed by atoms with Crippen molar-refractivity contribution in [2.45, 2.75) is 0 Å². The molecule has 22 heavy (non-hydrogen) atoms. The van der Waals surface area contributed by atoms with Crippen LogP contribution in [-0.2, 0) is 14.3 Å². The molecular formula is C13H13NO7S. The number of nitrogens with one attached hydrogen (secondary N) is 1. The summed E-state index contributed by atoms with van der Waals surface area (Å²) in [5.41, 5.74) is -1.38. The van der Waals surface area contributed by atoms with Crippen LogP contribution in [0.4, 0.5) is 0 Å². The van der Waals surface area contributed by atoms with E-state index in [2.05, 4.69) is 9.50 Å². The van der Waals surface area contributed by atoms with Crippen molar-refractivity contribution in [2.75, 3.05) is 19.4 Å². The molecule has 2 N–H and O–H groups in total. The number of rotatable bonds is 5. The van der Waals surface area contributed by atoms with Crippen LogP contribution in [0.25, 0.3) is 11.0 Å². The van der Waals surface area contributed by atoms with Crippen LogP contribution in [-0.4, -0.2) is 38.8 Å². The van der Waals surface area contributed by atoms with Gasteiger partial charge >= 0.3 is 5.63 Å². The Hall–Kier alpha value is -2.39. The second kappa shape index (κ2) is 6.16. The van der Waals surface area contributed by atoms with E-state index in [9.17, 15) is 23.1 Å². The number of para-hydroxylation sites is 1. The van der Waals surface area contributed by atoms with Crippen molar-refractivity contribution in [3.8, 4) is 5.75 Å².